The average molecular weight is 258 g/mol. The molecule has 1 aliphatic carbocycles. The summed E-state index contributed by atoms with van der Waals surface area (Å²) >= 11 is 0. The van der Waals surface area contributed by atoms with Crippen molar-refractivity contribution in [1.29, 1.82) is 0 Å². The van der Waals surface area contributed by atoms with Crippen LogP contribution in [0.15, 0.2) is 10.7 Å². The summed E-state index contributed by atoms with van der Waals surface area (Å²) in [5.41, 5.74) is 3.26. The lowest BCUT2D eigenvalue weighted by Crippen LogP contribution is -2.43. The number of furan rings is 1. The van der Waals surface area contributed by atoms with E-state index in [9.17, 15) is 0 Å². The molecule has 0 bridgehead atoms. The highest BCUT2D eigenvalue weighted by atomic mass is 16.3. The Bertz CT molecular complexity index is 601. The fourth-order valence-electron chi connectivity index (χ4n) is 3.14. The first-order valence-corrected chi connectivity index (χ1v) is 7.14. The van der Waals surface area contributed by atoms with Crippen molar-refractivity contribution in [2.45, 2.75) is 25.7 Å². The van der Waals surface area contributed by atoms with Crippen LogP contribution < -0.4 is 10.2 Å². The van der Waals surface area contributed by atoms with E-state index in [4.69, 9.17) is 4.42 Å². The van der Waals surface area contributed by atoms with Gasteiger partial charge in [-0.1, -0.05) is 0 Å². The molecule has 0 aromatic carbocycles. The van der Waals surface area contributed by atoms with Crippen molar-refractivity contribution >= 4 is 16.9 Å². The van der Waals surface area contributed by atoms with Crippen LogP contribution in [0.4, 0.5) is 5.82 Å². The Morgan fingerprint density at radius 1 is 1.11 bits per heavy atom. The summed E-state index contributed by atoms with van der Waals surface area (Å²) in [6.07, 6.45) is 6.30. The topological polar surface area (TPSA) is 54.2 Å². The standard InChI is InChI=1S/C14H18N4O/c1-2-4-11-10(3-1)12-13(19-11)14(17-9-16-12)18-7-5-15-6-8-18/h9,15H,1-8H2. The van der Waals surface area contributed by atoms with Gasteiger partial charge in [0, 0.05) is 38.2 Å². The molecule has 1 saturated heterocycles. The molecule has 0 spiro atoms. The summed E-state index contributed by atoms with van der Waals surface area (Å²) in [6.45, 7) is 3.98. The second kappa shape index (κ2) is 4.49. The van der Waals surface area contributed by atoms with E-state index in [2.05, 4.69) is 20.2 Å². The molecule has 0 saturated carbocycles. The number of hydrogen-bond acceptors (Lipinski definition) is 5. The first-order valence-electron chi connectivity index (χ1n) is 7.14. The Morgan fingerprint density at radius 3 is 2.84 bits per heavy atom. The molecule has 1 aliphatic heterocycles. The maximum Gasteiger partial charge on any atom is 0.195 e. The fraction of sp³-hybridized carbons (Fsp3) is 0.571. The van der Waals surface area contributed by atoms with Crippen LogP contribution in [-0.4, -0.2) is 36.1 Å². The highest BCUT2D eigenvalue weighted by molar-refractivity contribution is 5.87. The first kappa shape index (κ1) is 11.2. The van der Waals surface area contributed by atoms with E-state index in [0.717, 1.165) is 61.7 Å². The van der Waals surface area contributed by atoms with E-state index < -0.39 is 0 Å². The Kier molecular flexibility index (Phi) is 2.65. The van der Waals surface area contributed by atoms with Crippen molar-refractivity contribution in [1.82, 2.24) is 15.3 Å². The van der Waals surface area contributed by atoms with E-state index in [1.807, 2.05) is 0 Å². The predicted molar refractivity (Wildman–Crippen MR) is 73.5 cm³/mol. The van der Waals surface area contributed by atoms with Gasteiger partial charge in [-0.3, -0.25) is 0 Å². The van der Waals surface area contributed by atoms with Gasteiger partial charge in [0.05, 0.1) is 0 Å². The van der Waals surface area contributed by atoms with Gasteiger partial charge in [0.15, 0.2) is 11.4 Å². The molecule has 2 aromatic heterocycles. The third kappa shape index (κ3) is 1.80. The normalized spacial score (nSPS) is 19.7. The molecular formula is C14H18N4O. The number of piperazine rings is 1. The average Bonchev–Trinajstić information content (AvgIpc) is 2.87. The van der Waals surface area contributed by atoms with Gasteiger partial charge < -0.3 is 14.6 Å². The van der Waals surface area contributed by atoms with Crippen molar-refractivity contribution in [2.24, 2.45) is 0 Å². The molecule has 0 atom stereocenters. The maximum absolute atomic E-state index is 6.09. The highest BCUT2D eigenvalue weighted by Gasteiger charge is 2.23. The Morgan fingerprint density at radius 2 is 1.95 bits per heavy atom. The summed E-state index contributed by atoms with van der Waals surface area (Å²) in [6, 6.07) is 0. The minimum atomic E-state index is 0.899. The number of hydrogen-bond donors (Lipinski definition) is 1. The number of aromatic nitrogens is 2. The van der Waals surface area contributed by atoms with E-state index in [1.165, 1.54) is 18.4 Å². The van der Waals surface area contributed by atoms with E-state index in [0.29, 0.717) is 0 Å². The van der Waals surface area contributed by atoms with Crippen LogP contribution in [0.3, 0.4) is 0 Å². The lowest BCUT2D eigenvalue weighted by molar-refractivity contribution is 0.503. The lowest BCUT2D eigenvalue weighted by Gasteiger charge is -2.28. The van der Waals surface area contributed by atoms with Crippen molar-refractivity contribution in [3.8, 4) is 0 Å². The highest BCUT2D eigenvalue weighted by Crippen LogP contribution is 2.34. The zero-order valence-electron chi connectivity index (χ0n) is 11.0. The van der Waals surface area contributed by atoms with Crippen molar-refractivity contribution in [3.63, 3.8) is 0 Å². The van der Waals surface area contributed by atoms with Crippen molar-refractivity contribution in [3.05, 3.63) is 17.7 Å². The molecule has 0 amide bonds. The predicted octanol–water partition coefficient (Wildman–Crippen LogP) is 1.51. The maximum atomic E-state index is 6.09. The minimum absolute atomic E-state index is 0.899. The Balaban J connectivity index is 1.84. The molecule has 1 fully saturated rings. The third-order valence-electron chi connectivity index (χ3n) is 4.13. The lowest BCUT2D eigenvalue weighted by atomic mass is 9.98. The first-order chi connectivity index (χ1) is 9.43. The van der Waals surface area contributed by atoms with E-state index in [-0.39, 0.29) is 0 Å². The molecule has 19 heavy (non-hydrogen) atoms. The quantitative estimate of drug-likeness (QED) is 0.840. The number of rotatable bonds is 1. The molecule has 1 N–H and O–H groups in total. The summed E-state index contributed by atoms with van der Waals surface area (Å²) < 4.78 is 6.09. The number of anilines is 1. The second-order valence-electron chi connectivity index (χ2n) is 5.32. The van der Waals surface area contributed by atoms with Gasteiger partial charge in [-0.2, -0.15) is 0 Å². The van der Waals surface area contributed by atoms with Crippen LogP contribution >= 0.6 is 0 Å². The van der Waals surface area contributed by atoms with E-state index >= 15 is 0 Å². The summed E-state index contributed by atoms with van der Waals surface area (Å²) in [4.78, 5) is 11.2. The molecule has 0 unspecified atom stereocenters. The van der Waals surface area contributed by atoms with Crippen LogP contribution in [-0.2, 0) is 12.8 Å². The number of aryl methyl sites for hydroxylation is 2. The van der Waals surface area contributed by atoms with Crippen LogP contribution in [0.25, 0.3) is 11.1 Å². The van der Waals surface area contributed by atoms with Gasteiger partial charge in [-0.25, -0.2) is 9.97 Å². The van der Waals surface area contributed by atoms with Gasteiger partial charge in [-0.05, 0) is 19.3 Å². The Hall–Kier alpha value is -1.62. The van der Waals surface area contributed by atoms with Crippen LogP contribution in [0.1, 0.15) is 24.2 Å². The van der Waals surface area contributed by atoms with Crippen molar-refractivity contribution in [2.75, 3.05) is 31.1 Å². The number of nitrogens with one attached hydrogen (secondary N) is 1. The SMILES string of the molecule is c1nc(N2CCNCC2)c2oc3c(c2n1)CCCC3. The Labute approximate surface area is 112 Å². The molecule has 0 radical (unpaired) electrons. The fourth-order valence-corrected chi connectivity index (χ4v) is 3.14. The zero-order chi connectivity index (χ0) is 12.7. The van der Waals surface area contributed by atoms with Gasteiger partial charge >= 0.3 is 0 Å². The molecule has 3 heterocycles. The molecule has 2 aromatic rings. The zero-order valence-corrected chi connectivity index (χ0v) is 11.0. The summed E-state index contributed by atoms with van der Waals surface area (Å²) in [5.74, 6) is 2.11. The van der Waals surface area contributed by atoms with Crippen molar-refractivity contribution < 1.29 is 4.42 Å². The van der Waals surface area contributed by atoms with Crippen LogP contribution in [0.5, 0.6) is 0 Å². The summed E-state index contributed by atoms with van der Waals surface area (Å²) in [7, 11) is 0. The molecule has 5 nitrogen and oxygen atoms in total. The van der Waals surface area contributed by atoms with Crippen LogP contribution in [0, 0.1) is 0 Å². The van der Waals surface area contributed by atoms with Crippen LogP contribution in [0.2, 0.25) is 0 Å². The largest absolute Gasteiger partial charge is 0.455 e. The van der Waals surface area contributed by atoms with Gasteiger partial charge in [0.2, 0.25) is 0 Å². The molecule has 2 aliphatic rings. The minimum Gasteiger partial charge on any atom is -0.455 e. The molecular weight excluding hydrogens is 240 g/mol. The third-order valence-corrected chi connectivity index (χ3v) is 4.13. The monoisotopic (exact) mass is 258 g/mol. The number of nitrogens with zero attached hydrogens (tertiary/aromatic N) is 3. The van der Waals surface area contributed by atoms with Gasteiger partial charge in [-0.15, -0.1) is 0 Å². The molecule has 5 heteroatoms. The van der Waals surface area contributed by atoms with Gasteiger partial charge in [0.1, 0.15) is 17.6 Å². The molecule has 4 rings (SSSR count). The van der Waals surface area contributed by atoms with Gasteiger partial charge in [0.25, 0.3) is 0 Å². The summed E-state index contributed by atoms with van der Waals surface area (Å²) in [5, 5.41) is 3.37. The van der Waals surface area contributed by atoms with E-state index in [1.54, 1.807) is 6.33 Å². The smallest absolute Gasteiger partial charge is 0.195 e. The molecule has 100 valence electrons. The number of fused-ring (bicyclic) bond motifs is 3. The second-order valence-corrected chi connectivity index (χ2v) is 5.32.